The Kier molecular flexibility index (Phi) is 6.90. The maximum Gasteiger partial charge on any atom is 0.315 e. The summed E-state index contributed by atoms with van der Waals surface area (Å²) in [5, 5.41) is 20.1. The van der Waals surface area contributed by atoms with Gasteiger partial charge in [0.05, 0.1) is 18.0 Å². The zero-order valence-electron chi connectivity index (χ0n) is 15.0. The van der Waals surface area contributed by atoms with Crippen molar-refractivity contribution in [3.63, 3.8) is 0 Å². The van der Waals surface area contributed by atoms with Crippen molar-refractivity contribution in [3.8, 4) is 0 Å². The van der Waals surface area contributed by atoms with Gasteiger partial charge >= 0.3 is 6.03 Å². The third kappa shape index (κ3) is 5.12. The molecule has 1 aliphatic rings. The molecule has 24 heavy (non-hydrogen) atoms. The SMILES string of the molecule is CCC(CC)C(O)CNC(=O)NC1CCCN(c2cnn(C)c2)C1. The topological polar surface area (TPSA) is 82.4 Å². The van der Waals surface area contributed by atoms with E-state index in [1.165, 1.54) is 0 Å². The molecule has 2 amide bonds. The molecular formula is C17H31N5O2. The molecule has 0 aliphatic carbocycles. The number of nitrogens with one attached hydrogen (secondary N) is 2. The van der Waals surface area contributed by atoms with E-state index < -0.39 is 6.10 Å². The Balaban J connectivity index is 1.77. The van der Waals surface area contributed by atoms with Gasteiger partial charge < -0.3 is 20.6 Å². The molecule has 0 radical (unpaired) electrons. The van der Waals surface area contributed by atoms with Crippen LogP contribution in [0.2, 0.25) is 0 Å². The van der Waals surface area contributed by atoms with Gasteiger partial charge in [0.2, 0.25) is 0 Å². The van der Waals surface area contributed by atoms with Gasteiger partial charge in [-0.15, -0.1) is 0 Å². The number of urea groups is 1. The van der Waals surface area contributed by atoms with Gasteiger partial charge in [0.15, 0.2) is 0 Å². The molecule has 3 N–H and O–H groups in total. The molecule has 0 bridgehead atoms. The summed E-state index contributed by atoms with van der Waals surface area (Å²) in [5.41, 5.74) is 1.09. The van der Waals surface area contributed by atoms with Crippen LogP contribution < -0.4 is 15.5 Å². The molecule has 0 spiro atoms. The van der Waals surface area contributed by atoms with E-state index in [1.54, 1.807) is 4.68 Å². The number of hydrogen-bond acceptors (Lipinski definition) is 4. The number of carbonyl (C=O) groups excluding carboxylic acids is 1. The Labute approximate surface area is 144 Å². The molecule has 1 aromatic rings. The lowest BCUT2D eigenvalue weighted by Crippen LogP contribution is -2.51. The summed E-state index contributed by atoms with van der Waals surface area (Å²) in [6, 6.07) is -0.0812. The van der Waals surface area contributed by atoms with Crippen LogP contribution in [0.15, 0.2) is 12.4 Å². The Bertz CT molecular complexity index is 515. The lowest BCUT2D eigenvalue weighted by molar-refractivity contribution is 0.103. The van der Waals surface area contributed by atoms with Crippen molar-refractivity contribution in [2.24, 2.45) is 13.0 Å². The molecule has 1 aromatic heterocycles. The van der Waals surface area contributed by atoms with Crippen molar-refractivity contribution in [2.45, 2.75) is 51.7 Å². The Morgan fingerprint density at radius 2 is 2.21 bits per heavy atom. The summed E-state index contributed by atoms with van der Waals surface area (Å²) in [7, 11) is 1.90. The number of nitrogens with zero attached hydrogens (tertiary/aromatic N) is 3. The van der Waals surface area contributed by atoms with Crippen LogP contribution in [0.1, 0.15) is 39.5 Å². The zero-order chi connectivity index (χ0) is 17.5. The van der Waals surface area contributed by atoms with Crippen molar-refractivity contribution in [2.75, 3.05) is 24.5 Å². The van der Waals surface area contributed by atoms with E-state index in [0.717, 1.165) is 44.5 Å². The average Bonchev–Trinajstić information content (AvgIpc) is 3.01. The number of aliphatic hydroxyl groups is 1. The number of rotatable bonds is 7. The van der Waals surface area contributed by atoms with Crippen LogP contribution in [0.4, 0.5) is 10.5 Å². The second-order valence-electron chi connectivity index (χ2n) is 6.66. The van der Waals surface area contributed by atoms with Gasteiger partial charge in [0.1, 0.15) is 0 Å². The number of piperidine rings is 1. The minimum atomic E-state index is -0.482. The summed E-state index contributed by atoms with van der Waals surface area (Å²) in [6.45, 7) is 6.20. The third-order valence-corrected chi connectivity index (χ3v) is 4.88. The maximum atomic E-state index is 12.1. The molecule has 2 atom stereocenters. The Morgan fingerprint density at radius 1 is 1.46 bits per heavy atom. The van der Waals surface area contributed by atoms with E-state index in [1.807, 2.05) is 19.4 Å². The number of aliphatic hydroxyl groups excluding tert-OH is 1. The fourth-order valence-electron chi connectivity index (χ4n) is 3.33. The molecule has 1 saturated heterocycles. The molecular weight excluding hydrogens is 306 g/mol. The molecule has 7 nitrogen and oxygen atoms in total. The Morgan fingerprint density at radius 3 is 2.83 bits per heavy atom. The lowest BCUT2D eigenvalue weighted by Gasteiger charge is -2.34. The van der Waals surface area contributed by atoms with E-state index >= 15 is 0 Å². The van der Waals surface area contributed by atoms with Gasteiger partial charge in [-0.25, -0.2) is 4.79 Å². The Hall–Kier alpha value is -1.76. The minimum absolute atomic E-state index is 0.115. The van der Waals surface area contributed by atoms with E-state index in [9.17, 15) is 9.90 Å². The largest absolute Gasteiger partial charge is 0.391 e. The highest BCUT2D eigenvalue weighted by molar-refractivity contribution is 5.74. The summed E-state index contributed by atoms with van der Waals surface area (Å²) < 4.78 is 1.79. The van der Waals surface area contributed by atoms with E-state index in [-0.39, 0.29) is 18.0 Å². The first-order valence-corrected chi connectivity index (χ1v) is 8.99. The fourth-order valence-corrected chi connectivity index (χ4v) is 3.33. The normalized spacial score (nSPS) is 19.4. The van der Waals surface area contributed by atoms with Crippen molar-refractivity contribution in [1.29, 1.82) is 0 Å². The maximum absolute atomic E-state index is 12.1. The monoisotopic (exact) mass is 337 g/mol. The van der Waals surface area contributed by atoms with Crippen molar-refractivity contribution < 1.29 is 9.90 Å². The summed E-state index contributed by atoms with van der Waals surface area (Å²) in [6.07, 6.45) is 7.22. The van der Waals surface area contributed by atoms with Crippen LogP contribution in [0, 0.1) is 5.92 Å². The van der Waals surface area contributed by atoms with Crippen LogP contribution in [-0.4, -0.2) is 52.7 Å². The predicted molar refractivity (Wildman–Crippen MR) is 95.1 cm³/mol. The summed E-state index contributed by atoms with van der Waals surface area (Å²) >= 11 is 0. The number of amides is 2. The van der Waals surface area contributed by atoms with E-state index in [2.05, 4.69) is 34.5 Å². The second-order valence-corrected chi connectivity index (χ2v) is 6.66. The van der Waals surface area contributed by atoms with E-state index in [4.69, 9.17) is 0 Å². The average molecular weight is 337 g/mol. The highest BCUT2D eigenvalue weighted by Crippen LogP contribution is 2.19. The molecule has 7 heteroatoms. The molecule has 2 rings (SSSR count). The number of hydrogen-bond donors (Lipinski definition) is 3. The highest BCUT2D eigenvalue weighted by Gasteiger charge is 2.23. The number of aromatic nitrogens is 2. The fraction of sp³-hybridized carbons (Fsp3) is 0.765. The smallest absolute Gasteiger partial charge is 0.315 e. The molecule has 0 aromatic carbocycles. The number of anilines is 1. The molecule has 2 unspecified atom stereocenters. The van der Waals surface area contributed by atoms with E-state index in [0.29, 0.717) is 6.54 Å². The van der Waals surface area contributed by atoms with Crippen LogP contribution in [0.25, 0.3) is 0 Å². The standard InChI is InChI=1S/C17H31N5O2/c1-4-13(5-2)16(23)10-18-17(24)20-14-7-6-8-22(11-14)15-9-19-21(3)12-15/h9,12-14,16,23H,4-8,10-11H2,1-3H3,(H2,18,20,24). The first kappa shape index (κ1) is 18.6. The molecule has 1 aliphatic heterocycles. The lowest BCUT2D eigenvalue weighted by atomic mass is 9.97. The van der Waals surface area contributed by atoms with Gasteiger partial charge in [-0.05, 0) is 18.8 Å². The quantitative estimate of drug-likeness (QED) is 0.704. The molecule has 1 fully saturated rings. The van der Waals surface area contributed by atoms with Crippen LogP contribution in [0.3, 0.4) is 0 Å². The summed E-state index contributed by atoms with van der Waals surface area (Å²) in [4.78, 5) is 14.3. The third-order valence-electron chi connectivity index (χ3n) is 4.88. The molecule has 136 valence electrons. The zero-order valence-corrected chi connectivity index (χ0v) is 15.0. The highest BCUT2D eigenvalue weighted by atomic mass is 16.3. The minimum Gasteiger partial charge on any atom is -0.391 e. The number of carbonyl (C=O) groups is 1. The van der Waals surface area contributed by atoms with Gasteiger partial charge in [-0.2, -0.15) is 5.10 Å². The molecule has 0 saturated carbocycles. The van der Waals surface area contributed by atoms with Gasteiger partial charge in [0, 0.05) is 38.9 Å². The second kappa shape index (κ2) is 8.92. The predicted octanol–water partition coefficient (Wildman–Crippen LogP) is 1.49. The van der Waals surface area contributed by atoms with Crippen molar-refractivity contribution in [1.82, 2.24) is 20.4 Å². The first-order valence-electron chi connectivity index (χ1n) is 8.99. The number of aryl methyl sites for hydroxylation is 1. The summed E-state index contributed by atoms with van der Waals surface area (Å²) in [5.74, 6) is 0.237. The van der Waals surface area contributed by atoms with Gasteiger partial charge in [-0.1, -0.05) is 26.7 Å². The molecule has 2 heterocycles. The van der Waals surface area contributed by atoms with Crippen LogP contribution >= 0.6 is 0 Å². The van der Waals surface area contributed by atoms with Crippen LogP contribution in [0.5, 0.6) is 0 Å². The van der Waals surface area contributed by atoms with Gasteiger partial charge in [-0.3, -0.25) is 4.68 Å². The van der Waals surface area contributed by atoms with Crippen LogP contribution in [-0.2, 0) is 7.05 Å². The van der Waals surface area contributed by atoms with Gasteiger partial charge in [0.25, 0.3) is 0 Å². The van der Waals surface area contributed by atoms with Crippen molar-refractivity contribution in [3.05, 3.63) is 12.4 Å². The van der Waals surface area contributed by atoms with Crippen molar-refractivity contribution >= 4 is 11.7 Å². The first-order chi connectivity index (χ1) is 11.5.